The number of carbonyl (C=O) groups is 1. The number of Topliss-reactive ketones (excluding diaryl/α,β-unsaturated/α-hetero) is 1. The Morgan fingerprint density at radius 2 is 2.00 bits per heavy atom. The number of hydrogen-bond acceptors (Lipinski definition) is 5. The largest absolute Gasteiger partial charge is 0.384 e. The molecular weight excluding hydrogens is 314 g/mol. The van der Waals surface area contributed by atoms with Crippen LogP contribution in [0, 0.1) is 5.92 Å². The van der Waals surface area contributed by atoms with Crippen LogP contribution in [0.2, 0.25) is 0 Å². The monoisotopic (exact) mass is 339 g/mol. The van der Waals surface area contributed by atoms with Gasteiger partial charge in [-0.3, -0.25) is 9.69 Å². The Balaban J connectivity index is 1.57. The Morgan fingerprint density at radius 1 is 1.24 bits per heavy atom. The van der Waals surface area contributed by atoms with E-state index in [-0.39, 0.29) is 11.7 Å². The van der Waals surface area contributed by atoms with E-state index in [9.17, 15) is 4.79 Å². The van der Waals surface area contributed by atoms with Crippen LogP contribution in [-0.2, 0) is 17.7 Å². The van der Waals surface area contributed by atoms with Gasteiger partial charge in [0, 0.05) is 56.1 Å². The molecule has 0 bridgehead atoms. The molecule has 2 aromatic rings. The fourth-order valence-corrected chi connectivity index (χ4v) is 3.30. The molecule has 1 saturated heterocycles. The molecule has 132 valence electrons. The number of methoxy groups -OCH3 is 1. The lowest BCUT2D eigenvalue weighted by molar-refractivity contribution is 0.0811. The molecule has 0 aliphatic carbocycles. The van der Waals surface area contributed by atoms with E-state index in [2.05, 4.69) is 14.9 Å². The van der Waals surface area contributed by atoms with Crippen LogP contribution in [0.3, 0.4) is 0 Å². The Morgan fingerprint density at radius 3 is 2.72 bits per heavy atom. The lowest BCUT2D eigenvalue weighted by atomic mass is 9.90. The van der Waals surface area contributed by atoms with E-state index in [4.69, 9.17) is 4.74 Å². The molecule has 0 unspecified atom stereocenters. The summed E-state index contributed by atoms with van der Waals surface area (Å²) in [6.07, 6.45) is 6.53. The zero-order chi connectivity index (χ0) is 17.5. The molecule has 1 aromatic carbocycles. The molecule has 0 radical (unpaired) electrons. The fraction of sp³-hybridized carbons (Fsp3) is 0.450. The Kier molecular flexibility index (Phi) is 6.25. The summed E-state index contributed by atoms with van der Waals surface area (Å²) < 4.78 is 5.05. The van der Waals surface area contributed by atoms with Gasteiger partial charge in [0.25, 0.3) is 0 Å². The number of rotatable bonds is 7. The summed E-state index contributed by atoms with van der Waals surface area (Å²) in [5.74, 6) is 1.15. The number of likely N-dealkylation sites (tertiary alicyclic amines) is 1. The summed E-state index contributed by atoms with van der Waals surface area (Å²) in [7, 11) is 1.68. The first kappa shape index (κ1) is 17.7. The highest BCUT2D eigenvalue weighted by atomic mass is 16.5. The molecule has 0 N–H and O–H groups in total. The number of aromatic nitrogens is 2. The third-order valence-corrected chi connectivity index (χ3v) is 4.63. The first-order valence-electron chi connectivity index (χ1n) is 8.86. The second-order valence-corrected chi connectivity index (χ2v) is 6.55. The van der Waals surface area contributed by atoms with Gasteiger partial charge in [-0.15, -0.1) is 0 Å². The number of nitrogens with zero attached hydrogens (tertiary/aromatic N) is 3. The van der Waals surface area contributed by atoms with E-state index in [1.54, 1.807) is 7.11 Å². The van der Waals surface area contributed by atoms with Gasteiger partial charge in [-0.1, -0.05) is 30.3 Å². The molecule has 1 atom stereocenters. The van der Waals surface area contributed by atoms with Crippen molar-refractivity contribution in [1.29, 1.82) is 0 Å². The van der Waals surface area contributed by atoms with Crippen molar-refractivity contribution >= 4 is 5.78 Å². The van der Waals surface area contributed by atoms with Crippen molar-refractivity contribution in [2.45, 2.75) is 25.8 Å². The summed E-state index contributed by atoms with van der Waals surface area (Å²) in [4.78, 5) is 23.8. The van der Waals surface area contributed by atoms with Crippen molar-refractivity contribution in [1.82, 2.24) is 14.9 Å². The first-order valence-corrected chi connectivity index (χ1v) is 8.86. The molecular formula is C20H25N3O2. The van der Waals surface area contributed by atoms with Crippen LogP contribution in [-0.4, -0.2) is 47.5 Å². The van der Waals surface area contributed by atoms with E-state index < -0.39 is 0 Å². The summed E-state index contributed by atoms with van der Waals surface area (Å²) >= 11 is 0. The summed E-state index contributed by atoms with van der Waals surface area (Å²) in [5, 5.41) is 0. The van der Waals surface area contributed by atoms with Crippen LogP contribution in [0.25, 0.3) is 0 Å². The number of ketones is 1. The summed E-state index contributed by atoms with van der Waals surface area (Å²) in [5.41, 5.74) is 1.91. The summed E-state index contributed by atoms with van der Waals surface area (Å²) in [6.45, 7) is 3.25. The molecule has 1 aliphatic heterocycles. The second kappa shape index (κ2) is 8.83. The highest BCUT2D eigenvalue weighted by molar-refractivity contribution is 5.98. The minimum Gasteiger partial charge on any atom is -0.384 e. The van der Waals surface area contributed by atoms with E-state index in [1.807, 2.05) is 42.7 Å². The molecule has 25 heavy (non-hydrogen) atoms. The lowest BCUT2D eigenvalue weighted by Gasteiger charge is -2.31. The fourth-order valence-electron chi connectivity index (χ4n) is 3.30. The second-order valence-electron chi connectivity index (χ2n) is 6.55. The maximum atomic E-state index is 12.7. The van der Waals surface area contributed by atoms with Crippen molar-refractivity contribution in [3.63, 3.8) is 0 Å². The van der Waals surface area contributed by atoms with E-state index in [1.165, 1.54) is 0 Å². The maximum absolute atomic E-state index is 12.7. The van der Waals surface area contributed by atoms with Gasteiger partial charge in [-0.25, -0.2) is 9.97 Å². The van der Waals surface area contributed by atoms with Gasteiger partial charge in [0.2, 0.25) is 0 Å². The van der Waals surface area contributed by atoms with Crippen molar-refractivity contribution in [3.8, 4) is 0 Å². The van der Waals surface area contributed by atoms with Gasteiger partial charge in [0.1, 0.15) is 5.82 Å². The highest BCUT2D eigenvalue weighted by Gasteiger charge is 2.26. The average Bonchev–Trinajstić information content (AvgIpc) is 2.68. The molecule has 1 fully saturated rings. The Bertz CT molecular complexity index is 673. The molecule has 1 aliphatic rings. The zero-order valence-corrected chi connectivity index (χ0v) is 14.7. The number of benzene rings is 1. The minimum atomic E-state index is 0.0815. The molecule has 1 aromatic heterocycles. The summed E-state index contributed by atoms with van der Waals surface area (Å²) in [6, 6.07) is 9.62. The predicted molar refractivity (Wildman–Crippen MR) is 96.4 cm³/mol. The van der Waals surface area contributed by atoms with Crippen molar-refractivity contribution in [2.24, 2.45) is 5.92 Å². The zero-order valence-electron chi connectivity index (χ0n) is 14.7. The standard InChI is InChI=1S/C20H25N3O2/c1-25-11-9-19-21-12-16(13-22-19)14-23-10-5-8-18(15-23)20(24)17-6-3-2-4-7-17/h2-4,6-7,12-13,18H,5,8-11,14-15H2,1H3/t18-/m1/s1. The van der Waals surface area contributed by atoms with Gasteiger partial charge in [0.15, 0.2) is 5.78 Å². The van der Waals surface area contributed by atoms with Gasteiger partial charge >= 0.3 is 0 Å². The van der Waals surface area contributed by atoms with Gasteiger partial charge in [-0.2, -0.15) is 0 Å². The van der Waals surface area contributed by atoms with Crippen molar-refractivity contribution in [3.05, 3.63) is 59.7 Å². The van der Waals surface area contributed by atoms with Crippen LogP contribution in [0.1, 0.15) is 34.6 Å². The molecule has 5 nitrogen and oxygen atoms in total. The quantitative estimate of drug-likeness (QED) is 0.726. The number of carbonyl (C=O) groups excluding carboxylic acids is 1. The Labute approximate surface area is 149 Å². The number of hydrogen-bond donors (Lipinski definition) is 0. The third kappa shape index (κ3) is 4.94. The maximum Gasteiger partial charge on any atom is 0.167 e. The predicted octanol–water partition coefficient (Wildman–Crippen LogP) is 2.76. The normalized spacial score (nSPS) is 18.2. The van der Waals surface area contributed by atoms with Crippen LogP contribution >= 0.6 is 0 Å². The van der Waals surface area contributed by atoms with Gasteiger partial charge in [0.05, 0.1) is 6.61 Å². The van der Waals surface area contributed by atoms with Crippen molar-refractivity contribution in [2.75, 3.05) is 26.8 Å². The van der Waals surface area contributed by atoms with Crippen LogP contribution in [0.5, 0.6) is 0 Å². The molecule has 2 heterocycles. The smallest absolute Gasteiger partial charge is 0.167 e. The van der Waals surface area contributed by atoms with Crippen LogP contribution in [0.15, 0.2) is 42.7 Å². The van der Waals surface area contributed by atoms with E-state index in [0.717, 1.165) is 55.8 Å². The lowest BCUT2D eigenvalue weighted by Crippen LogP contribution is -2.38. The number of ether oxygens (including phenoxy) is 1. The molecule has 3 rings (SSSR count). The van der Waals surface area contributed by atoms with Crippen LogP contribution < -0.4 is 0 Å². The van der Waals surface area contributed by atoms with E-state index >= 15 is 0 Å². The minimum absolute atomic E-state index is 0.0815. The van der Waals surface area contributed by atoms with E-state index in [0.29, 0.717) is 6.61 Å². The van der Waals surface area contributed by atoms with Gasteiger partial charge in [-0.05, 0) is 19.4 Å². The molecule has 0 amide bonds. The SMILES string of the molecule is COCCc1ncc(CN2CCC[C@@H](C(=O)c3ccccc3)C2)cn1. The first-order chi connectivity index (χ1) is 12.3. The molecule has 5 heteroatoms. The molecule has 0 spiro atoms. The topological polar surface area (TPSA) is 55.3 Å². The Hall–Kier alpha value is -2.11. The molecule has 0 saturated carbocycles. The number of piperidine rings is 1. The highest BCUT2D eigenvalue weighted by Crippen LogP contribution is 2.22. The van der Waals surface area contributed by atoms with Crippen molar-refractivity contribution < 1.29 is 9.53 Å². The third-order valence-electron chi connectivity index (χ3n) is 4.63. The van der Waals surface area contributed by atoms with Gasteiger partial charge < -0.3 is 4.74 Å². The van der Waals surface area contributed by atoms with Crippen LogP contribution in [0.4, 0.5) is 0 Å². The average molecular weight is 339 g/mol.